The molecule has 0 radical (unpaired) electrons. The van der Waals surface area contributed by atoms with Gasteiger partial charge in [0.05, 0.1) is 10.6 Å². The molecule has 4 nitrogen and oxygen atoms in total. The van der Waals surface area contributed by atoms with Crippen LogP contribution in [0.1, 0.15) is 38.5 Å². The first kappa shape index (κ1) is 21.0. The van der Waals surface area contributed by atoms with Crippen molar-refractivity contribution in [2.75, 3.05) is 4.72 Å². The highest BCUT2D eigenvalue weighted by Gasteiger charge is 2.32. The van der Waals surface area contributed by atoms with Gasteiger partial charge in [-0.05, 0) is 54.5 Å². The lowest BCUT2D eigenvalue weighted by Gasteiger charge is -2.33. The Morgan fingerprint density at radius 2 is 1.69 bits per heavy atom. The molecule has 0 bridgehead atoms. The zero-order valence-corrected chi connectivity index (χ0v) is 19.2. The summed E-state index contributed by atoms with van der Waals surface area (Å²) in [4.78, 5) is 0.0186. The Hall–Kier alpha value is -2.86. The quantitative estimate of drug-likeness (QED) is 0.378. The first-order valence-corrected chi connectivity index (χ1v) is 12.4. The molecular formula is C26H26FNO3S. The van der Waals surface area contributed by atoms with Crippen LogP contribution >= 0.6 is 0 Å². The van der Waals surface area contributed by atoms with Crippen molar-refractivity contribution < 1.29 is 17.2 Å². The Bertz CT molecular complexity index is 1430. The van der Waals surface area contributed by atoms with Crippen LogP contribution in [0.15, 0.2) is 63.9 Å². The summed E-state index contributed by atoms with van der Waals surface area (Å²) in [5, 5.41) is 2.61. The maximum absolute atomic E-state index is 13.3. The van der Waals surface area contributed by atoms with Gasteiger partial charge < -0.3 is 4.42 Å². The lowest BCUT2D eigenvalue weighted by Crippen LogP contribution is -2.26. The van der Waals surface area contributed by atoms with Crippen LogP contribution < -0.4 is 4.72 Å². The monoisotopic (exact) mass is 451 g/mol. The molecule has 0 saturated heterocycles. The van der Waals surface area contributed by atoms with Gasteiger partial charge in [0.25, 0.3) is 10.0 Å². The molecule has 1 unspecified atom stereocenters. The minimum absolute atomic E-state index is 0.0186. The summed E-state index contributed by atoms with van der Waals surface area (Å²) in [5.74, 6) is 1.06. The van der Waals surface area contributed by atoms with Crippen LogP contribution in [-0.2, 0) is 22.9 Å². The standard InChI is InChI=1S/C26H26FNO3S/c1-26(2,3)16-8-13-24-21(14-16)22-15-23(19-6-4-5-7-20(19)25(22)31-24)28-32(29,30)18-11-9-17(27)10-12-18/h4-7,9-12,15-16,28H,8,13-14H2,1-3H3. The van der Waals surface area contributed by atoms with Gasteiger partial charge in [0.2, 0.25) is 0 Å². The van der Waals surface area contributed by atoms with E-state index in [9.17, 15) is 12.8 Å². The molecule has 0 saturated carbocycles. The highest BCUT2D eigenvalue weighted by Crippen LogP contribution is 2.44. The highest BCUT2D eigenvalue weighted by atomic mass is 32.2. The second-order valence-corrected chi connectivity index (χ2v) is 11.4. The van der Waals surface area contributed by atoms with Gasteiger partial charge in [-0.1, -0.05) is 45.0 Å². The van der Waals surface area contributed by atoms with Crippen LogP contribution in [0.25, 0.3) is 21.7 Å². The lowest BCUT2D eigenvalue weighted by atomic mass is 9.71. The molecule has 1 atom stereocenters. The molecule has 0 aliphatic heterocycles. The number of hydrogen-bond donors (Lipinski definition) is 1. The number of nitrogens with one attached hydrogen (secondary N) is 1. The lowest BCUT2D eigenvalue weighted by molar-refractivity contribution is 0.210. The third-order valence-corrected chi connectivity index (χ3v) is 8.03. The van der Waals surface area contributed by atoms with Crippen LogP contribution in [0, 0.1) is 17.2 Å². The van der Waals surface area contributed by atoms with Gasteiger partial charge in [0.1, 0.15) is 17.2 Å². The molecule has 6 heteroatoms. The number of anilines is 1. The molecular weight excluding hydrogens is 425 g/mol. The summed E-state index contributed by atoms with van der Waals surface area (Å²) in [6, 6.07) is 14.4. The molecule has 1 aliphatic carbocycles. The predicted octanol–water partition coefficient (Wildman–Crippen LogP) is 6.68. The van der Waals surface area contributed by atoms with E-state index in [1.165, 1.54) is 17.7 Å². The smallest absolute Gasteiger partial charge is 0.261 e. The normalized spacial score (nSPS) is 16.9. The maximum atomic E-state index is 13.3. The van der Waals surface area contributed by atoms with Crippen molar-refractivity contribution in [2.45, 2.75) is 44.9 Å². The van der Waals surface area contributed by atoms with Crippen LogP contribution in [-0.4, -0.2) is 8.42 Å². The molecule has 1 aromatic heterocycles. The van der Waals surface area contributed by atoms with Crippen LogP contribution in [0.5, 0.6) is 0 Å². The molecule has 32 heavy (non-hydrogen) atoms. The Kier molecular flexibility index (Phi) is 4.82. The van der Waals surface area contributed by atoms with Crippen molar-refractivity contribution in [3.05, 3.63) is 71.7 Å². The van der Waals surface area contributed by atoms with Crippen LogP contribution in [0.4, 0.5) is 10.1 Å². The number of aryl methyl sites for hydroxylation is 1. The van der Waals surface area contributed by atoms with Crippen molar-refractivity contribution in [2.24, 2.45) is 11.3 Å². The molecule has 5 rings (SSSR count). The number of benzene rings is 3. The van der Waals surface area contributed by atoms with Crippen molar-refractivity contribution in [3.8, 4) is 0 Å². The SMILES string of the molecule is CC(C)(C)C1CCc2oc3c(cc(NS(=O)(=O)c4ccc(F)cc4)c4ccccc43)c2C1. The third kappa shape index (κ3) is 3.56. The molecule has 0 spiro atoms. The van der Waals surface area contributed by atoms with Gasteiger partial charge in [0, 0.05) is 28.1 Å². The Morgan fingerprint density at radius 1 is 1.00 bits per heavy atom. The number of hydrogen-bond acceptors (Lipinski definition) is 3. The summed E-state index contributed by atoms with van der Waals surface area (Å²) in [6.07, 6.45) is 2.88. The highest BCUT2D eigenvalue weighted by molar-refractivity contribution is 7.92. The zero-order chi connectivity index (χ0) is 22.7. The predicted molar refractivity (Wildman–Crippen MR) is 126 cm³/mol. The summed E-state index contributed by atoms with van der Waals surface area (Å²) < 4.78 is 48.5. The Morgan fingerprint density at radius 3 is 2.38 bits per heavy atom. The van der Waals surface area contributed by atoms with Gasteiger partial charge in [-0.3, -0.25) is 4.72 Å². The average molecular weight is 452 g/mol. The van der Waals surface area contributed by atoms with E-state index in [1.807, 2.05) is 30.3 Å². The second-order valence-electron chi connectivity index (χ2n) is 9.72. The van der Waals surface area contributed by atoms with E-state index in [0.29, 0.717) is 11.6 Å². The minimum atomic E-state index is -3.88. The minimum Gasteiger partial charge on any atom is -0.460 e. The fourth-order valence-electron chi connectivity index (χ4n) is 4.74. The van der Waals surface area contributed by atoms with E-state index in [-0.39, 0.29) is 10.3 Å². The summed E-state index contributed by atoms with van der Waals surface area (Å²) in [7, 11) is -3.88. The Balaban J connectivity index is 1.67. The fourth-order valence-corrected chi connectivity index (χ4v) is 5.81. The average Bonchev–Trinajstić information content (AvgIpc) is 3.11. The fraction of sp³-hybridized carbons (Fsp3) is 0.308. The summed E-state index contributed by atoms with van der Waals surface area (Å²) in [6.45, 7) is 6.80. The molecule has 0 amide bonds. The van der Waals surface area contributed by atoms with Gasteiger partial charge in [-0.2, -0.15) is 0 Å². The molecule has 1 N–H and O–H groups in total. The first-order valence-electron chi connectivity index (χ1n) is 10.9. The first-order chi connectivity index (χ1) is 15.1. The van der Waals surface area contributed by atoms with E-state index < -0.39 is 15.8 Å². The maximum Gasteiger partial charge on any atom is 0.261 e. The van der Waals surface area contributed by atoms with Crippen molar-refractivity contribution in [1.29, 1.82) is 0 Å². The molecule has 3 aromatic carbocycles. The molecule has 1 heterocycles. The van der Waals surface area contributed by atoms with E-state index >= 15 is 0 Å². The number of sulfonamides is 1. The second kappa shape index (κ2) is 7.34. The van der Waals surface area contributed by atoms with E-state index in [1.54, 1.807) is 0 Å². The van der Waals surface area contributed by atoms with E-state index in [0.717, 1.165) is 58.9 Å². The van der Waals surface area contributed by atoms with Crippen LogP contribution in [0.3, 0.4) is 0 Å². The number of fused-ring (bicyclic) bond motifs is 5. The zero-order valence-electron chi connectivity index (χ0n) is 18.4. The third-order valence-electron chi connectivity index (χ3n) is 6.65. The number of halogens is 1. The molecule has 166 valence electrons. The van der Waals surface area contributed by atoms with Crippen LogP contribution in [0.2, 0.25) is 0 Å². The van der Waals surface area contributed by atoms with E-state index in [4.69, 9.17) is 4.42 Å². The summed E-state index contributed by atoms with van der Waals surface area (Å²) >= 11 is 0. The molecule has 1 aliphatic rings. The topological polar surface area (TPSA) is 59.3 Å². The van der Waals surface area contributed by atoms with Gasteiger partial charge in [0.15, 0.2) is 0 Å². The Labute approximate surface area is 187 Å². The number of furan rings is 1. The van der Waals surface area contributed by atoms with Gasteiger partial charge in [-0.25, -0.2) is 12.8 Å². The largest absolute Gasteiger partial charge is 0.460 e. The molecule has 0 fully saturated rings. The van der Waals surface area contributed by atoms with Crippen molar-refractivity contribution in [1.82, 2.24) is 0 Å². The molecule has 4 aromatic rings. The summed E-state index contributed by atoms with van der Waals surface area (Å²) in [5.41, 5.74) is 2.67. The van der Waals surface area contributed by atoms with E-state index in [2.05, 4.69) is 25.5 Å². The number of rotatable bonds is 3. The van der Waals surface area contributed by atoms with Gasteiger partial charge in [-0.15, -0.1) is 0 Å². The van der Waals surface area contributed by atoms with Gasteiger partial charge >= 0.3 is 0 Å². The van der Waals surface area contributed by atoms with Crippen molar-refractivity contribution >= 4 is 37.5 Å². The van der Waals surface area contributed by atoms with Crippen molar-refractivity contribution in [3.63, 3.8) is 0 Å².